The number of nitrogen functional groups attached to an aromatic ring is 1. The maximum absolute atomic E-state index is 13.5. The molecule has 1 aliphatic rings. The summed E-state index contributed by atoms with van der Waals surface area (Å²) in [5.74, 6) is -2.13. The molecule has 2 rings (SSSR count). The van der Waals surface area contributed by atoms with Gasteiger partial charge >= 0.3 is 5.97 Å². The van der Waals surface area contributed by atoms with E-state index >= 15 is 0 Å². The van der Waals surface area contributed by atoms with E-state index in [0.29, 0.717) is 12.2 Å². The van der Waals surface area contributed by atoms with Crippen LogP contribution in [0.15, 0.2) is 12.1 Å². The van der Waals surface area contributed by atoms with Crippen LogP contribution >= 0.6 is 0 Å². The predicted octanol–water partition coefficient (Wildman–Crippen LogP) is 1.70. The monoisotopic (exact) mass is 254 g/mol. The molecule has 1 aliphatic heterocycles. The van der Waals surface area contributed by atoms with E-state index in [-0.39, 0.29) is 11.8 Å². The van der Waals surface area contributed by atoms with Gasteiger partial charge in [-0.1, -0.05) is 0 Å². The molecule has 1 saturated heterocycles. The molecule has 0 aliphatic carbocycles. The number of halogens is 1. The fraction of sp³-hybridized carbons (Fsp3) is 0.417. The van der Waals surface area contributed by atoms with E-state index in [1.54, 1.807) is 0 Å². The molecule has 0 bridgehead atoms. The molecule has 1 unspecified atom stereocenters. The fourth-order valence-electron chi connectivity index (χ4n) is 1.94. The zero-order chi connectivity index (χ0) is 13.1. The number of carboxylic acids is 1. The Kier molecular flexibility index (Phi) is 3.66. The smallest absolute Gasteiger partial charge is 0.338 e. The average Bonchev–Trinajstić information content (AvgIpc) is 2.82. The van der Waals surface area contributed by atoms with Crippen LogP contribution in [0.2, 0.25) is 0 Å². The molecule has 0 amide bonds. The highest BCUT2D eigenvalue weighted by Crippen LogP contribution is 2.24. The number of hydrogen-bond acceptors (Lipinski definition) is 4. The van der Waals surface area contributed by atoms with Gasteiger partial charge in [-0.25, -0.2) is 9.18 Å². The molecule has 0 saturated carbocycles. The van der Waals surface area contributed by atoms with E-state index in [4.69, 9.17) is 15.6 Å². The predicted molar refractivity (Wildman–Crippen MR) is 65.2 cm³/mol. The van der Waals surface area contributed by atoms with Crippen LogP contribution in [0, 0.1) is 5.82 Å². The third-order valence-electron chi connectivity index (χ3n) is 2.91. The van der Waals surface area contributed by atoms with Gasteiger partial charge in [-0.15, -0.1) is 0 Å². The van der Waals surface area contributed by atoms with Crippen molar-refractivity contribution in [2.24, 2.45) is 0 Å². The maximum Gasteiger partial charge on any atom is 0.338 e. The Morgan fingerprint density at radius 1 is 1.61 bits per heavy atom. The molecule has 0 spiro atoms. The highest BCUT2D eigenvalue weighted by atomic mass is 19.1. The number of nitrogens with one attached hydrogen (secondary N) is 1. The first-order valence-corrected chi connectivity index (χ1v) is 5.75. The number of anilines is 2. The highest BCUT2D eigenvalue weighted by Gasteiger charge is 2.17. The van der Waals surface area contributed by atoms with Crippen molar-refractivity contribution < 1.29 is 19.0 Å². The van der Waals surface area contributed by atoms with Crippen molar-refractivity contribution in [2.75, 3.05) is 24.2 Å². The number of rotatable bonds is 4. The largest absolute Gasteiger partial charge is 0.478 e. The molecule has 1 fully saturated rings. The van der Waals surface area contributed by atoms with Crippen molar-refractivity contribution in [1.29, 1.82) is 0 Å². The first kappa shape index (κ1) is 12.6. The van der Waals surface area contributed by atoms with Gasteiger partial charge in [0.15, 0.2) is 0 Å². The number of carboxylic acid groups (broad SMARTS) is 1. The first-order chi connectivity index (χ1) is 8.58. The van der Waals surface area contributed by atoms with Crippen molar-refractivity contribution in [3.05, 3.63) is 23.5 Å². The van der Waals surface area contributed by atoms with Gasteiger partial charge in [0.2, 0.25) is 0 Å². The lowest BCUT2D eigenvalue weighted by molar-refractivity contribution is 0.0692. The molecule has 1 heterocycles. The molecular weight excluding hydrogens is 239 g/mol. The quantitative estimate of drug-likeness (QED) is 0.712. The molecule has 6 heteroatoms. The maximum atomic E-state index is 13.5. The molecule has 1 atom stereocenters. The Labute approximate surface area is 104 Å². The van der Waals surface area contributed by atoms with Crippen LogP contribution in [0.5, 0.6) is 0 Å². The SMILES string of the molecule is Nc1cc(C(=O)O)c(F)cc1NCC1CCCO1. The lowest BCUT2D eigenvalue weighted by Crippen LogP contribution is -2.19. The Morgan fingerprint density at radius 2 is 2.39 bits per heavy atom. The molecule has 0 radical (unpaired) electrons. The minimum absolute atomic E-state index is 0.103. The van der Waals surface area contributed by atoms with E-state index in [9.17, 15) is 9.18 Å². The van der Waals surface area contributed by atoms with E-state index in [2.05, 4.69) is 5.32 Å². The summed E-state index contributed by atoms with van der Waals surface area (Å²) in [6.07, 6.45) is 2.09. The van der Waals surface area contributed by atoms with E-state index in [0.717, 1.165) is 31.6 Å². The van der Waals surface area contributed by atoms with Crippen molar-refractivity contribution in [3.8, 4) is 0 Å². The summed E-state index contributed by atoms with van der Waals surface area (Å²) in [5, 5.41) is 11.7. The van der Waals surface area contributed by atoms with Gasteiger partial charge in [-0.05, 0) is 25.0 Å². The number of carbonyl (C=O) groups is 1. The highest BCUT2D eigenvalue weighted by molar-refractivity contribution is 5.90. The van der Waals surface area contributed by atoms with Gasteiger partial charge in [0.25, 0.3) is 0 Å². The van der Waals surface area contributed by atoms with Gasteiger partial charge in [0.1, 0.15) is 5.82 Å². The van der Waals surface area contributed by atoms with Gasteiger partial charge in [-0.3, -0.25) is 0 Å². The van der Waals surface area contributed by atoms with Gasteiger partial charge in [0, 0.05) is 13.2 Å². The summed E-state index contributed by atoms with van der Waals surface area (Å²) in [7, 11) is 0. The number of ether oxygens (including phenoxy) is 1. The Hall–Kier alpha value is -1.82. The lowest BCUT2D eigenvalue weighted by atomic mass is 10.1. The Bertz CT molecular complexity index is 459. The number of benzene rings is 1. The summed E-state index contributed by atoms with van der Waals surface area (Å²) in [6.45, 7) is 1.28. The van der Waals surface area contributed by atoms with Crippen LogP contribution in [-0.2, 0) is 4.74 Å². The van der Waals surface area contributed by atoms with Crippen molar-refractivity contribution in [1.82, 2.24) is 0 Å². The lowest BCUT2D eigenvalue weighted by Gasteiger charge is -2.14. The van der Waals surface area contributed by atoms with Gasteiger partial charge < -0.3 is 20.9 Å². The van der Waals surface area contributed by atoms with E-state index in [1.165, 1.54) is 0 Å². The molecular formula is C12H15FN2O3. The molecule has 5 nitrogen and oxygen atoms in total. The summed E-state index contributed by atoms with van der Waals surface area (Å²) in [4.78, 5) is 10.7. The second-order valence-corrected chi connectivity index (χ2v) is 4.24. The van der Waals surface area contributed by atoms with Crippen LogP contribution in [0.1, 0.15) is 23.2 Å². The summed E-state index contributed by atoms with van der Waals surface area (Å²) in [5.41, 5.74) is 5.87. The van der Waals surface area contributed by atoms with Crippen LogP contribution in [0.25, 0.3) is 0 Å². The Morgan fingerprint density at radius 3 is 3.00 bits per heavy atom. The summed E-state index contributed by atoms with van der Waals surface area (Å²) >= 11 is 0. The second kappa shape index (κ2) is 5.22. The van der Waals surface area contributed by atoms with Crippen molar-refractivity contribution in [3.63, 3.8) is 0 Å². The van der Waals surface area contributed by atoms with E-state index < -0.39 is 17.3 Å². The Balaban J connectivity index is 2.08. The standard InChI is InChI=1S/C12H15FN2O3/c13-9-5-11(10(14)4-8(9)12(16)17)15-6-7-2-1-3-18-7/h4-5,7,15H,1-3,6,14H2,(H,16,17). The normalized spacial score (nSPS) is 18.8. The number of aromatic carboxylic acids is 1. The molecule has 4 N–H and O–H groups in total. The van der Waals surface area contributed by atoms with Crippen LogP contribution in [0.4, 0.5) is 15.8 Å². The molecule has 18 heavy (non-hydrogen) atoms. The van der Waals surface area contributed by atoms with Crippen LogP contribution < -0.4 is 11.1 Å². The average molecular weight is 254 g/mol. The summed E-state index contributed by atoms with van der Waals surface area (Å²) < 4.78 is 18.9. The number of nitrogens with two attached hydrogens (primary N) is 1. The minimum Gasteiger partial charge on any atom is -0.478 e. The van der Waals surface area contributed by atoms with Crippen LogP contribution in [-0.4, -0.2) is 30.3 Å². The summed E-state index contributed by atoms with van der Waals surface area (Å²) in [6, 6.07) is 2.23. The third kappa shape index (κ3) is 2.70. The third-order valence-corrected chi connectivity index (χ3v) is 2.91. The zero-order valence-corrected chi connectivity index (χ0v) is 9.78. The number of hydrogen-bond donors (Lipinski definition) is 3. The topological polar surface area (TPSA) is 84.6 Å². The first-order valence-electron chi connectivity index (χ1n) is 5.75. The molecule has 0 aromatic heterocycles. The zero-order valence-electron chi connectivity index (χ0n) is 9.78. The second-order valence-electron chi connectivity index (χ2n) is 4.24. The molecule has 1 aromatic rings. The van der Waals surface area contributed by atoms with Gasteiger partial charge in [-0.2, -0.15) is 0 Å². The minimum atomic E-state index is -1.33. The fourth-order valence-corrected chi connectivity index (χ4v) is 1.94. The van der Waals surface area contributed by atoms with Gasteiger partial charge in [0.05, 0.1) is 23.0 Å². The van der Waals surface area contributed by atoms with Crippen LogP contribution in [0.3, 0.4) is 0 Å². The van der Waals surface area contributed by atoms with Crippen molar-refractivity contribution in [2.45, 2.75) is 18.9 Å². The molecule has 1 aromatic carbocycles. The van der Waals surface area contributed by atoms with Crippen molar-refractivity contribution >= 4 is 17.3 Å². The van der Waals surface area contributed by atoms with E-state index in [1.807, 2.05) is 0 Å². The molecule has 98 valence electrons.